The van der Waals surface area contributed by atoms with Crippen LogP contribution in [0.1, 0.15) is 17.6 Å². The van der Waals surface area contributed by atoms with Crippen LogP contribution in [0.25, 0.3) is 0 Å². The van der Waals surface area contributed by atoms with Crippen LogP contribution in [0.3, 0.4) is 0 Å². The zero-order valence-corrected chi connectivity index (χ0v) is 10.6. The second kappa shape index (κ2) is 4.65. The molecular weight excluding hydrogens is 328 g/mol. The molecule has 0 N–H and O–H groups in total. The monoisotopic (exact) mass is 329 g/mol. The van der Waals surface area contributed by atoms with Gasteiger partial charge in [-0.3, -0.25) is 0 Å². The lowest BCUT2D eigenvalue weighted by atomic mass is 10.1. The highest BCUT2D eigenvalue weighted by atomic mass is 79.9. The van der Waals surface area contributed by atoms with Crippen molar-refractivity contribution in [1.29, 1.82) is 5.26 Å². The van der Waals surface area contributed by atoms with E-state index >= 15 is 0 Å². The van der Waals surface area contributed by atoms with E-state index in [1.165, 1.54) is 0 Å². The Hall–Kier alpha value is -0.710. The summed E-state index contributed by atoms with van der Waals surface area (Å²) in [6, 6.07) is 3.26. The summed E-state index contributed by atoms with van der Waals surface area (Å²) in [6.07, 6.45) is -2.95. The minimum atomic E-state index is -4.11. The molecule has 0 saturated heterocycles. The van der Waals surface area contributed by atoms with Gasteiger partial charge in [-0.05, 0) is 28.1 Å². The van der Waals surface area contributed by atoms with Crippen LogP contribution in [0.5, 0.6) is 0 Å². The molecule has 0 heterocycles. The molecule has 0 radical (unpaired) electrons. The average Bonchev–Trinajstić information content (AvgIpc) is 2.14. The zero-order valence-electron chi connectivity index (χ0n) is 7.42. The molecule has 16 heavy (non-hydrogen) atoms. The Morgan fingerprint density at radius 1 is 1.44 bits per heavy atom. The van der Waals surface area contributed by atoms with Crippen molar-refractivity contribution < 1.29 is 17.2 Å². The van der Waals surface area contributed by atoms with Crippen LogP contribution < -0.4 is 0 Å². The maximum Gasteiger partial charge on any atom is 0.265 e. The van der Waals surface area contributed by atoms with Crippen LogP contribution in [0.15, 0.2) is 21.5 Å². The van der Waals surface area contributed by atoms with Gasteiger partial charge in [0, 0.05) is 20.7 Å². The van der Waals surface area contributed by atoms with Crippen molar-refractivity contribution in [1.82, 2.24) is 0 Å². The van der Waals surface area contributed by atoms with Gasteiger partial charge in [0.1, 0.15) is 6.07 Å². The van der Waals surface area contributed by atoms with Crippen LogP contribution in [0.4, 0.5) is 8.78 Å². The lowest BCUT2D eigenvalue weighted by Crippen LogP contribution is -1.98. The van der Waals surface area contributed by atoms with E-state index < -0.39 is 25.9 Å². The van der Waals surface area contributed by atoms with Crippen LogP contribution in [0.2, 0.25) is 0 Å². The minimum Gasteiger partial charge on any atom is -0.207 e. The topological polar surface area (TPSA) is 57.9 Å². The Labute approximate surface area is 103 Å². The summed E-state index contributed by atoms with van der Waals surface area (Å²) in [4.78, 5) is -0.477. The largest absolute Gasteiger partial charge is 0.265 e. The minimum absolute atomic E-state index is 0.0352. The summed E-state index contributed by atoms with van der Waals surface area (Å²) in [5.41, 5.74) is -0.977. The lowest BCUT2D eigenvalue weighted by Gasteiger charge is -2.06. The highest BCUT2D eigenvalue weighted by molar-refractivity contribution is 9.10. The number of halogens is 4. The predicted molar refractivity (Wildman–Crippen MR) is 56.9 cm³/mol. The van der Waals surface area contributed by atoms with Gasteiger partial charge in [0.25, 0.3) is 15.5 Å². The predicted octanol–water partition coefficient (Wildman–Crippen LogP) is 3.19. The van der Waals surface area contributed by atoms with Crippen molar-refractivity contribution in [2.45, 2.75) is 11.3 Å². The quantitative estimate of drug-likeness (QED) is 0.783. The van der Waals surface area contributed by atoms with Gasteiger partial charge in [0.15, 0.2) is 0 Å². The van der Waals surface area contributed by atoms with Crippen LogP contribution in [-0.2, 0) is 9.05 Å². The Bertz CT molecular complexity index is 568. The molecule has 8 heteroatoms. The van der Waals surface area contributed by atoms with E-state index in [0.717, 1.165) is 6.07 Å². The van der Waals surface area contributed by atoms with Gasteiger partial charge in [0.2, 0.25) is 0 Å². The third-order valence-corrected chi connectivity index (χ3v) is 3.68. The van der Waals surface area contributed by atoms with Crippen molar-refractivity contribution in [3.05, 3.63) is 27.7 Å². The molecule has 0 aliphatic carbocycles. The molecule has 0 aliphatic heterocycles. The van der Waals surface area contributed by atoms with Gasteiger partial charge in [0.05, 0.1) is 10.5 Å². The molecule has 0 bridgehead atoms. The van der Waals surface area contributed by atoms with Gasteiger partial charge >= 0.3 is 0 Å². The number of benzene rings is 1. The second-order valence-corrected chi connectivity index (χ2v) is 6.14. The number of nitrogens with zero attached hydrogens (tertiary/aromatic N) is 1. The Morgan fingerprint density at radius 3 is 2.38 bits per heavy atom. The fraction of sp³-hybridized carbons (Fsp3) is 0.125. The van der Waals surface area contributed by atoms with Crippen molar-refractivity contribution in [3.8, 4) is 6.07 Å². The Kier molecular flexibility index (Phi) is 3.88. The van der Waals surface area contributed by atoms with Crippen molar-refractivity contribution in [2.75, 3.05) is 0 Å². The van der Waals surface area contributed by atoms with Crippen LogP contribution in [0, 0.1) is 11.3 Å². The highest BCUT2D eigenvalue weighted by Gasteiger charge is 2.21. The molecule has 0 amide bonds. The number of nitriles is 1. The first-order chi connectivity index (χ1) is 7.27. The first-order valence-corrected chi connectivity index (χ1v) is 6.84. The van der Waals surface area contributed by atoms with Crippen molar-refractivity contribution in [3.63, 3.8) is 0 Å². The fourth-order valence-corrected chi connectivity index (χ4v) is 2.54. The second-order valence-electron chi connectivity index (χ2n) is 2.72. The van der Waals surface area contributed by atoms with Crippen molar-refractivity contribution in [2.24, 2.45) is 0 Å². The van der Waals surface area contributed by atoms with E-state index in [1.54, 1.807) is 6.07 Å². The van der Waals surface area contributed by atoms with Gasteiger partial charge in [-0.25, -0.2) is 17.2 Å². The molecule has 3 nitrogen and oxygen atoms in total. The Balaban J connectivity index is 3.61. The molecule has 1 rings (SSSR count). The SMILES string of the molecule is N#Cc1c(Br)cc(S(=O)(=O)Cl)cc1C(F)F. The number of alkyl halides is 2. The highest BCUT2D eigenvalue weighted by Crippen LogP contribution is 2.32. The van der Waals surface area contributed by atoms with E-state index in [1.807, 2.05) is 0 Å². The third kappa shape index (κ3) is 2.70. The maximum absolute atomic E-state index is 12.6. The molecule has 0 aromatic heterocycles. The summed E-state index contributed by atoms with van der Waals surface area (Å²) in [5, 5.41) is 8.65. The number of hydrogen-bond donors (Lipinski definition) is 0. The standard InChI is InChI=1S/C8H3BrClF2NO2S/c9-7-2-4(16(10,14)15)1-5(8(11)12)6(7)3-13/h1-2,8H. The van der Waals surface area contributed by atoms with Crippen LogP contribution >= 0.6 is 26.6 Å². The summed E-state index contributed by atoms with van der Waals surface area (Å²) >= 11 is 2.84. The van der Waals surface area contributed by atoms with Gasteiger partial charge in [-0.2, -0.15) is 5.26 Å². The average molecular weight is 331 g/mol. The summed E-state index contributed by atoms with van der Waals surface area (Å²) in [6.45, 7) is 0. The van der Waals surface area contributed by atoms with Crippen molar-refractivity contribution >= 4 is 35.7 Å². The fourth-order valence-electron chi connectivity index (χ4n) is 1.03. The lowest BCUT2D eigenvalue weighted by molar-refractivity contribution is 0.150. The van der Waals surface area contributed by atoms with E-state index in [0.29, 0.717) is 6.07 Å². The van der Waals surface area contributed by atoms with Gasteiger partial charge in [-0.1, -0.05) is 0 Å². The number of rotatable bonds is 2. The summed E-state index contributed by atoms with van der Waals surface area (Å²) < 4.78 is 47.0. The van der Waals surface area contributed by atoms with E-state index in [-0.39, 0.29) is 10.0 Å². The molecule has 0 saturated carbocycles. The molecule has 1 aromatic carbocycles. The molecule has 0 fully saturated rings. The van der Waals surface area contributed by atoms with Gasteiger partial charge < -0.3 is 0 Å². The van der Waals surface area contributed by atoms with Crippen LogP contribution in [-0.4, -0.2) is 8.42 Å². The van der Waals surface area contributed by atoms with E-state index in [2.05, 4.69) is 15.9 Å². The first-order valence-electron chi connectivity index (χ1n) is 3.73. The molecule has 0 spiro atoms. The van der Waals surface area contributed by atoms with Gasteiger partial charge in [-0.15, -0.1) is 0 Å². The molecule has 86 valence electrons. The summed E-state index contributed by atoms with van der Waals surface area (Å²) in [7, 11) is 0.919. The third-order valence-electron chi connectivity index (χ3n) is 1.72. The Morgan fingerprint density at radius 2 is 2.00 bits per heavy atom. The molecule has 1 aromatic rings. The molecule has 0 unspecified atom stereocenters. The smallest absolute Gasteiger partial charge is 0.207 e. The normalized spacial score (nSPS) is 11.5. The molecule has 0 atom stereocenters. The molecule has 0 aliphatic rings. The van der Waals surface area contributed by atoms with E-state index in [4.69, 9.17) is 15.9 Å². The summed E-state index contributed by atoms with van der Waals surface area (Å²) in [5.74, 6) is 0. The number of hydrogen-bond acceptors (Lipinski definition) is 3. The molecular formula is C8H3BrClF2NO2S. The van der Waals surface area contributed by atoms with E-state index in [9.17, 15) is 17.2 Å². The zero-order chi connectivity index (χ0) is 12.5. The first kappa shape index (κ1) is 13.4. The maximum atomic E-state index is 12.6.